The summed E-state index contributed by atoms with van der Waals surface area (Å²) in [4.78, 5) is 32.6. The van der Waals surface area contributed by atoms with Crippen LogP contribution in [-0.4, -0.2) is 54.4 Å². The number of aromatic amines is 1. The summed E-state index contributed by atoms with van der Waals surface area (Å²) in [6.07, 6.45) is 2.13. The molecule has 9 heteroatoms. The van der Waals surface area contributed by atoms with Crippen LogP contribution < -0.4 is 10.2 Å². The molecule has 0 saturated carbocycles. The summed E-state index contributed by atoms with van der Waals surface area (Å²) in [7, 11) is 0. The van der Waals surface area contributed by atoms with Crippen molar-refractivity contribution in [1.29, 1.82) is 0 Å². The summed E-state index contributed by atoms with van der Waals surface area (Å²) in [5.74, 6) is -1.08. The molecule has 178 valence electrons. The number of anilines is 1. The van der Waals surface area contributed by atoms with Crippen LogP contribution in [0.4, 0.5) is 14.7 Å². The Labute approximate surface area is 199 Å². The summed E-state index contributed by atoms with van der Waals surface area (Å²) in [6, 6.07) is 10.7. The molecule has 2 aromatic heterocycles. The van der Waals surface area contributed by atoms with Crippen molar-refractivity contribution in [3.05, 3.63) is 77.1 Å². The van der Waals surface area contributed by atoms with E-state index in [4.69, 9.17) is 4.42 Å². The lowest BCUT2D eigenvalue weighted by atomic mass is 9.98. The van der Waals surface area contributed by atoms with Crippen molar-refractivity contribution >= 4 is 28.6 Å². The van der Waals surface area contributed by atoms with Gasteiger partial charge >= 0.3 is 0 Å². The zero-order chi connectivity index (χ0) is 24.1. The van der Waals surface area contributed by atoms with Gasteiger partial charge in [0, 0.05) is 55.4 Å². The molecule has 2 N–H and O–H groups in total. The minimum atomic E-state index is -0.599. The molecule has 4 heterocycles. The number of H-pyrrole nitrogens is 1. The van der Waals surface area contributed by atoms with Gasteiger partial charge in [-0.3, -0.25) is 9.59 Å². The summed E-state index contributed by atoms with van der Waals surface area (Å²) in [6.45, 7) is 2.45. The predicted molar refractivity (Wildman–Crippen MR) is 127 cm³/mol. The Bertz CT molecular complexity index is 1450. The standard InChI is InChI=1S/C26H22F2N4O3/c27-16-13-19-23-17(5-6-29-25(19)33)24(30-21(23)14-16)15-3-4-20(28)18(12-15)26(34)32-9-7-31(8-10-32)22-2-1-11-35-22/h1-4,11-14,30H,5-10H2,(H,29,33). The lowest BCUT2D eigenvalue weighted by Gasteiger charge is -2.34. The van der Waals surface area contributed by atoms with E-state index in [2.05, 4.69) is 10.3 Å². The molecule has 0 bridgehead atoms. The predicted octanol–water partition coefficient (Wildman–Crippen LogP) is 3.95. The highest BCUT2D eigenvalue weighted by Crippen LogP contribution is 2.35. The summed E-state index contributed by atoms with van der Waals surface area (Å²) >= 11 is 0. The first-order valence-corrected chi connectivity index (χ1v) is 11.5. The van der Waals surface area contributed by atoms with Crippen molar-refractivity contribution in [2.24, 2.45) is 0 Å². The van der Waals surface area contributed by atoms with Gasteiger partial charge in [0.2, 0.25) is 0 Å². The Kier molecular flexibility index (Phi) is 5.05. The second kappa shape index (κ2) is 8.26. The first kappa shape index (κ1) is 21.4. The van der Waals surface area contributed by atoms with E-state index in [-0.39, 0.29) is 22.9 Å². The smallest absolute Gasteiger partial charge is 0.256 e. The van der Waals surface area contributed by atoms with Crippen LogP contribution in [0.2, 0.25) is 0 Å². The van der Waals surface area contributed by atoms with E-state index in [1.165, 1.54) is 24.3 Å². The average molecular weight is 476 g/mol. The topological polar surface area (TPSA) is 81.6 Å². The van der Waals surface area contributed by atoms with E-state index in [1.807, 2.05) is 17.0 Å². The van der Waals surface area contributed by atoms with Gasteiger partial charge in [-0.15, -0.1) is 0 Å². The number of hydrogen-bond donors (Lipinski definition) is 2. The molecule has 2 amide bonds. The largest absolute Gasteiger partial charge is 0.449 e. The maximum absolute atomic E-state index is 14.8. The van der Waals surface area contributed by atoms with Gasteiger partial charge in [0.1, 0.15) is 11.6 Å². The number of nitrogens with zero attached hydrogens (tertiary/aromatic N) is 2. The van der Waals surface area contributed by atoms with Crippen LogP contribution in [0.5, 0.6) is 0 Å². The van der Waals surface area contributed by atoms with Crippen molar-refractivity contribution in [3.8, 4) is 11.3 Å². The van der Waals surface area contributed by atoms with Crippen molar-refractivity contribution in [1.82, 2.24) is 15.2 Å². The number of amides is 2. The Morgan fingerprint density at radius 2 is 1.86 bits per heavy atom. The van der Waals surface area contributed by atoms with Crippen LogP contribution in [0.25, 0.3) is 22.2 Å². The minimum Gasteiger partial charge on any atom is -0.449 e. The Morgan fingerprint density at radius 3 is 2.63 bits per heavy atom. The van der Waals surface area contributed by atoms with Crippen LogP contribution in [0.3, 0.4) is 0 Å². The molecule has 1 fully saturated rings. The number of benzene rings is 2. The fourth-order valence-corrected chi connectivity index (χ4v) is 5.03. The Balaban J connectivity index is 1.34. The average Bonchev–Trinajstić information content (AvgIpc) is 3.49. The van der Waals surface area contributed by atoms with Crippen molar-refractivity contribution < 1.29 is 22.8 Å². The summed E-state index contributed by atoms with van der Waals surface area (Å²) in [5.41, 5.74) is 2.84. The molecule has 2 aliphatic rings. The highest BCUT2D eigenvalue weighted by Gasteiger charge is 2.27. The second-order valence-electron chi connectivity index (χ2n) is 8.79. The van der Waals surface area contributed by atoms with Gasteiger partial charge in [-0.05, 0) is 53.9 Å². The van der Waals surface area contributed by atoms with Crippen molar-refractivity contribution in [2.75, 3.05) is 37.6 Å². The third-order valence-corrected chi connectivity index (χ3v) is 6.74. The number of nitrogens with one attached hydrogen (secondary N) is 2. The molecule has 7 nitrogen and oxygen atoms in total. The molecular formula is C26H22F2N4O3. The number of halogens is 2. The molecule has 4 aromatic rings. The number of piperazine rings is 1. The number of aromatic nitrogens is 1. The third kappa shape index (κ3) is 3.63. The fraction of sp³-hybridized carbons (Fsp3) is 0.231. The molecule has 35 heavy (non-hydrogen) atoms. The maximum Gasteiger partial charge on any atom is 0.256 e. The molecule has 2 aliphatic heterocycles. The van der Waals surface area contributed by atoms with Crippen LogP contribution >= 0.6 is 0 Å². The quantitative estimate of drug-likeness (QED) is 0.469. The molecule has 0 aliphatic carbocycles. The number of furan rings is 1. The third-order valence-electron chi connectivity index (χ3n) is 6.74. The number of carbonyl (C=O) groups excluding carboxylic acids is 2. The minimum absolute atomic E-state index is 0.0194. The highest BCUT2D eigenvalue weighted by atomic mass is 19.1. The fourth-order valence-electron chi connectivity index (χ4n) is 5.03. The zero-order valence-corrected chi connectivity index (χ0v) is 18.7. The zero-order valence-electron chi connectivity index (χ0n) is 18.7. The number of hydrogen-bond acceptors (Lipinski definition) is 4. The summed E-state index contributed by atoms with van der Waals surface area (Å²) < 4.78 is 34.5. The van der Waals surface area contributed by atoms with E-state index in [1.54, 1.807) is 17.2 Å². The lowest BCUT2D eigenvalue weighted by Crippen LogP contribution is -2.48. The number of carbonyl (C=O) groups is 2. The Hall–Kier alpha value is -4.14. The van der Waals surface area contributed by atoms with E-state index in [9.17, 15) is 18.4 Å². The van der Waals surface area contributed by atoms with Crippen LogP contribution in [0.1, 0.15) is 26.3 Å². The maximum atomic E-state index is 14.8. The molecule has 1 saturated heterocycles. The normalized spacial score (nSPS) is 15.9. The van der Waals surface area contributed by atoms with Gasteiger partial charge in [0.25, 0.3) is 11.8 Å². The van der Waals surface area contributed by atoms with Gasteiger partial charge in [-0.25, -0.2) is 8.78 Å². The Morgan fingerprint density at radius 1 is 1.03 bits per heavy atom. The molecule has 6 rings (SSSR count). The second-order valence-corrected chi connectivity index (χ2v) is 8.79. The molecule has 2 aromatic carbocycles. The first-order valence-electron chi connectivity index (χ1n) is 11.5. The number of rotatable bonds is 3. The van der Waals surface area contributed by atoms with Gasteiger partial charge in [0.05, 0.1) is 17.4 Å². The van der Waals surface area contributed by atoms with Crippen LogP contribution in [-0.2, 0) is 6.42 Å². The van der Waals surface area contributed by atoms with Crippen molar-refractivity contribution in [2.45, 2.75) is 6.42 Å². The first-order chi connectivity index (χ1) is 17.0. The molecule has 0 unspecified atom stereocenters. The molecule has 0 atom stereocenters. The SMILES string of the molecule is O=C1NCCc2c(-c3ccc(F)c(C(=O)N4CCN(c5ccco5)CC4)c3)[nH]c3cc(F)cc1c23. The van der Waals surface area contributed by atoms with Crippen LogP contribution in [0, 0.1) is 11.6 Å². The molecule has 0 radical (unpaired) electrons. The van der Waals surface area contributed by atoms with E-state index >= 15 is 0 Å². The van der Waals surface area contributed by atoms with E-state index < -0.39 is 11.6 Å². The van der Waals surface area contributed by atoms with Gasteiger partial charge in [-0.2, -0.15) is 0 Å². The summed E-state index contributed by atoms with van der Waals surface area (Å²) in [5, 5.41) is 3.44. The molecular weight excluding hydrogens is 454 g/mol. The van der Waals surface area contributed by atoms with E-state index in [0.29, 0.717) is 61.3 Å². The lowest BCUT2D eigenvalue weighted by molar-refractivity contribution is 0.0740. The monoisotopic (exact) mass is 476 g/mol. The van der Waals surface area contributed by atoms with E-state index in [0.717, 1.165) is 11.4 Å². The van der Waals surface area contributed by atoms with Gasteiger partial charge in [-0.1, -0.05) is 0 Å². The van der Waals surface area contributed by atoms with Gasteiger partial charge in [0.15, 0.2) is 5.88 Å². The van der Waals surface area contributed by atoms with Gasteiger partial charge < -0.3 is 24.5 Å². The van der Waals surface area contributed by atoms with Crippen LogP contribution in [0.15, 0.2) is 53.1 Å². The highest BCUT2D eigenvalue weighted by molar-refractivity contribution is 6.10. The molecule has 0 spiro atoms. The van der Waals surface area contributed by atoms with Crippen molar-refractivity contribution in [3.63, 3.8) is 0 Å².